The molecule has 2 aromatic heterocycles. The summed E-state index contributed by atoms with van der Waals surface area (Å²) in [6.45, 7) is 7.70. The number of nitrogens with one attached hydrogen (secondary N) is 2. The Morgan fingerprint density at radius 1 is 1.21 bits per heavy atom. The molecule has 3 atom stereocenters. The molecule has 2 aromatic rings. The number of carbonyl (C=O) groups excluding carboxylic acids is 2. The molecule has 1 saturated carbocycles. The molecule has 3 rings (SSSR count). The Labute approximate surface area is 208 Å². The standard InChI is InChI=1S/C24H31BrN6O3/c1-14-9-15(11-16(10-14)29-23(33)34-24(2,3)4)17-5-7-27-13-20(17)31-22(32)19-6-8-28-21(30-19)18(25)12-26/h5-8,12-16H,9-11,26H2,1-4H3,(H,29,33)(H,31,32)/t14-,15+,16-/m0/s1. The van der Waals surface area contributed by atoms with Crippen LogP contribution in [0.25, 0.3) is 4.48 Å². The van der Waals surface area contributed by atoms with Crippen molar-refractivity contribution in [3.05, 3.63) is 54.0 Å². The highest BCUT2D eigenvalue weighted by Crippen LogP contribution is 2.39. The van der Waals surface area contributed by atoms with Crippen molar-refractivity contribution in [3.63, 3.8) is 0 Å². The van der Waals surface area contributed by atoms with E-state index in [2.05, 4.69) is 48.4 Å². The Kier molecular flexibility index (Phi) is 8.24. The van der Waals surface area contributed by atoms with Crippen LogP contribution in [0.15, 0.2) is 36.9 Å². The molecule has 0 unspecified atom stereocenters. The van der Waals surface area contributed by atoms with Gasteiger partial charge in [-0.25, -0.2) is 14.8 Å². The van der Waals surface area contributed by atoms with Crippen LogP contribution >= 0.6 is 15.9 Å². The Bertz CT molecular complexity index is 1070. The van der Waals surface area contributed by atoms with Crippen LogP contribution in [0.3, 0.4) is 0 Å². The van der Waals surface area contributed by atoms with Crippen LogP contribution in [-0.4, -0.2) is 38.6 Å². The number of halogens is 1. The first-order valence-corrected chi connectivity index (χ1v) is 12.0. The summed E-state index contributed by atoms with van der Waals surface area (Å²) in [5, 5.41) is 5.95. The molecule has 182 valence electrons. The van der Waals surface area contributed by atoms with Crippen LogP contribution in [0.2, 0.25) is 0 Å². The van der Waals surface area contributed by atoms with E-state index in [9.17, 15) is 9.59 Å². The average molecular weight is 531 g/mol. The quantitative estimate of drug-likeness (QED) is 0.515. The first kappa shape index (κ1) is 25.6. The van der Waals surface area contributed by atoms with Crippen molar-refractivity contribution in [2.75, 3.05) is 5.32 Å². The molecule has 2 amide bonds. The fourth-order valence-corrected chi connectivity index (χ4v) is 4.37. The van der Waals surface area contributed by atoms with Crippen LogP contribution in [0.5, 0.6) is 0 Å². The molecule has 1 aliphatic rings. The molecule has 0 aliphatic heterocycles. The topological polar surface area (TPSA) is 132 Å². The summed E-state index contributed by atoms with van der Waals surface area (Å²) >= 11 is 3.27. The van der Waals surface area contributed by atoms with Gasteiger partial charge in [0.25, 0.3) is 5.91 Å². The van der Waals surface area contributed by atoms with Crippen molar-refractivity contribution in [3.8, 4) is 0 Å². The van der Waals surface area contributed by atoms with Gasteiger partial charge in [-0.3, -0.25) is 9.78 Å². The normalized spacial score (nSPS) is 21.0. The first-order valence-electron chi connectivity index (χ1n) is 11.2. The SMILES string of the molecule is C[C@@H]1C[C@H](NC(=O)OC(C)(C)C)C[C@H](c2ccncc2NC(=O)c2ccnc(C(Br)=CN)n2)C1. The highest BCUT2D eigenvalue weighted by molar-refractivity contribution is 9.15. The summed E-state index contributed by atoms with van der Waals surface area (Å²) in [6.07, 6.45) is 8.31. The minimum absolute atomic E-state index is 0.0230. The predicted octanol–water partition coefficient (Wildman–Crippen LogP) is 4.57. The van der Waals surface area contributed by atoms with E-state index < -0.39 is 11.7 Å². The average Bonchev–Trinajstić information content (AvgIpc) is 2.77. The van der Waals surface area contributed by atoms with Crippen molar-refractivity contribution < 1.29 is 14.3 Å². The van der Waals surface area contributed by atoms with Gasteiger partial charge in [-0.1, -0.05) is 6.92 Å². The van der Waals surface area contributed by atoms with Crippen LogP contribution in [0.4, 0.5) is 10.5 Å². The number of alkyl carbamates (subject to hydrolysis) is 1. The summed E-state index contributed by atoms with van der Waals surface area (Å²) in [5.74, 6) is 0.471. The van der Waals surface area contributed by atoms with E-state index in [1.165, 1.54) is 18.5 Å². The van der Waals surface area contributed by atoms with E-state index in [-0.39, 0.29) is 23.6 Å². The van der Waals surface area contributed by atoms with Crippen molar-refractivity contribution in [1.29, 1.82) is 0 Å². The number of nitrogens with two attached hydrogens (primary N) is 1. The number of aromatic nitrogens is 3. The zero-order chi connectivity index (χ0) is 24.9. The molecule has 1 aliphatic carbocycles. The third kappa shape index (κ3) is 6.99. The third-order valence-corrected chi connectivity index (χ3v) is 6.07. The number of amides is 2. The predicted molar refractivity (Wildman–Crippen MR) is 134 cm³/mol. The fourth-order valence-electron chi connectivity index (χ4n) is 4.18. The van der Waals surface area contributed by atoms with Crippen LogP contribution < -0.4 is 16.4 Å². The number of anilines is 1. The lowest BCUT2D eigenvalue weighted by atomic mass is 9.76. The van der Waals surface area contributed by atoms with Gasteiger partial charge in [0.2, 0.25) is 0 Å². The second kappa shape index (κ2) is 10.9. The molecule has 34 heavy (non-hydrogen) atoms. The number of hydrogen-bond donors (Lipinski definition) is 3. The van der Waals surface area contributed by atoms with Gasteiger partial charge in [0.15, 0.2) is 5.82 Å². The van der Waals surface area contributed by atoms with E-state index in [0.717, 1.165) is 24.8 Å². The molecule has 0 aromatic carbocycles. The maximum atomic E-state index is 13.0. The fraction of sp³-hybridized carbons (Fsp3) is 0.458. The van der Waals surface area contributed by atoms with Gasteiger partial charge in [0.1, 0.15) is 11.3 Å². The molecule has 0 saturated heterocycles. The minimum Gasteiger partial charge on any atom is -0.444 e. The molecule has 9 nitrogen and oxygen atoms in total. The monoisotopic (exact) mass is 530 g/mol. The lowest BCUT2D eigenvalue weighted by Gasteiger charge is -2.35. The number of carbonyl (C=O) groups is 2. The zero-order valence-corrected chi connectivity index (χ0v) is 21.4. The minimum atomic E-state index is -0.553. The summed E-state index contributed by atoms with van der Waals surface area (Å²) in [7, 11) is 0. The van der Waals surface area contributed by atoms with E-state index in [0.29, 0.717) is 21.9 Å². The third-order valence-electron chi connectivity index (χ3n) is 5.45. The van der Waals surface area contributed by atoms with Gasteiger partial charge in [-0.05, 0) is 85.5 Å². The summed E-state index contributed by atoms with van der Waals surface area (Å²) in [5.41, 5.74) is 6.76. The van der Waals surface area contributed by atoms with Gasteiger partial charge in [0.05, 0.1) is 16.4 Å². The lowest BCUT2D eigenvalue weighted by Crippen LogP contribution is -2.42. The molecule has 0 bridgehead atoms. The van der Waals surface area contributed by atoms with Crippen LogP contribution in [0, 0.1) is 5.92 Å². The second-order valence-corrected chi connectivity index (χ2v) is 10.4. The molecule has 4 N–H and O–H groups in total. The highest BCUT2D eigenvalue weighted by Gasteiger charge is 2.31. The Morgan fingerprint density at radius 2 is 1.97 bits per heavy atom. The Morgan fingerprint density at radius 3 is 2.68 bits per heavy atom. The zero-order valence-electron chi connectivity index (χ0n) is 19.8. The number of pyridine rings is 1. The van der Waals surface area contributed by atoms with Gasteiger partial charge >= 0.3 is 6.09 Å². The van der Waals surface area contributed by atoms with Crippen molar-refractivity contribution in [2.24, 2.45) is 11.7 Å². The van der Waals surface area contributed by atoms with E-state index in [1.807, 2.05) is 26.8 Å². The van der Waals surface area contributed by atoms with Gasteiger partial charge in [-0.15, -0.1) is 0 Å². The first-order chi connectivity index (χ1) is 16.1. The van der Waals surface area contributed by atoms with E-state index in [1.54, 1.807) is 12.4 Å². The van der Waals surface area contributed by atoms with Crippen LogP contribution in [0.1, 0.15) is 74.8 Å². The number of ether oxygens (including phenoxy) is 1. The molecular formula is C24H31BrN6O3. The lowest BCUT2D eigenvalue weighted by molar-refractivity contribution is 0.0482. The Balaban J connectivity index is 1.76. The highest BCUT2D eigenvalue weighted by atomic mass is 79.9. The smallest absolute Gasteiger partial charge is 0.407 e. The van der Waals surface area contributed by atoms with E-state index in [4.69, 9.17) is 10.5 Å². The molecule has 10 heteroatoms. The maximum Gasteiger partial charge on any atom is 0.407 e. The van der Waals surface area contributed by atoms with Crippen molar-refractivity contribution >= 4 is 38.1 Å². The molecule has 1 fully saturated rings. The number of rotatable bonds is 5. The number of nitrogens with zero attached hydrogens (tertiary/aromatic N) is 3. The number of hydrogen-bond acceptors (Lipinski definition) is 7. The molecule has 0 spiro atoms. The van der Waals surface area contributed by atoms with Gasteiger partial charge < -0.3 is 21.1 Å². The Hall–Kier alpha value is -3.01. The van der Waals surface area contributed by atoms with E-state index >= 15 is 0 Å². The van der Waals surface area contributed by atoms with Crippen LogP contribution in [-0.2, 0) is 4.74 Å². The molecular weight excluding hydrogens is 500 g/mol. The maximum absolute atomic E-state index is 13.0. The summed E-state index contributed by atoms with van der Waals surface area (Å²) < 4.78 is 5.92. The molecule has 0 radical (unpaired) electrons. The van der Waals surface area contributed by atoms with Crippen molar-refractivity contribution in [2.45, 2.75) is 64.5 Å². The van der Waals surface area contributed by atoms with Gasteiger partial charge in [-0.2, -0.15) is 0 Å². The molecule has 2 heterocycles. The summed E-state index contributed by atoms with van der Waals surface area (Å²) in [6, 6.07) is 3.43. The van der Waals surface area contributed by atoms with Gasteiger partial charge in [0, 0.05) is 24.6 Å². The summed E-state index contributed by atoms with van der Waals surface area (Å²) in [4.78, 5) is 37.8. The second-order valence-electron chi connectivity index (χ2n) is 9.55. The largest absolute Gasteiger partial charge is 0.444 e. The van der Waals surface area contributed by atoms with Crippen molar-refractivity contribution in [1.82, 2.24) is 20.3 Å².